The molecule has 0 aliphatic carbocycles. The monoisotopic (exact) mass is 370 g/mol. The van der Waals surface area contributed by atoms with E-state index in [0.29, 0.717) is 6.17 Å². The van der Waals surface area contributed by atoms with E-state index in [1.54, 1.807) is 0 Å². The van der Waals surface area contributed by atoms with Crippen LogP contribution in [0.4, 0.5) is 0 Å². The Hall–Kier alpha value is -1.44. The Labute approximate surface area is 168 Å². The topological polar surface area (TPSA) is 6.48 Å². The first-order valence-corrected chi connectivity index (χ1v) is 11.5. The maximum atomic E-state index is 2.53. The molecule has 2 heteroatoms. The summed E-state index contributed by atoms with van der Waals surface area (Å²) < 4.78 is 0. The van der Waals surface area contributed by atoms with E-state index in [-0.39, 0.29) is 0 Å². The summed E-state index contributed by atoms with van der Waals surface area (Å²) in [5, 5.41) is 0. The predicted octanol–water partition coefficient (Wildman–Crippen LogP) is 6.97. The third-order valence-electron chi connectivity index (χ3n) is 5.88. The van der Waals surface area contributed by atoms with E-state index in [1.807, 2.05) is 0 Å². The molecule has 1 unspecified atom stereocenters. The van der Waals surface area contributed by atoms with Gasteiger partial charge in [-0.3, -0.25) is 0 Å². The van der Waals surface area contributed by atoms with E-state index in [9.17, 15) is 0 Å². The van der Waals surface area contributed by atoms with Crippen molar-refractivity contribution < 1.29 is 0 Å². The highest BCUT2D eigenvalue weighted by Crippen LogP contribution is 2.20. The fraction of sp³-hybridized carbons (Fsp3) is 0.680. The molecule has 0 saturated heterocycles. The summed E-state index contributed by atoms with van der Waals surface area (Å²) in [6, 6.07) is 10.9. The normalized spacial score (nSPS) is 16.4. The number of nitrogens with zero attached hydrogens (tertiary/aromatic N) is 2. The van der Waals surface area contributed by atoms with Crippen LogP contribution >= 0.6 is 0 Å². The molecular formula is C25H42N2. The van der Waals surface area contributed by atoms with Crippen LogP contribution < -0.4 is 0 Å². The molecule has 27 heavy (non-hydrogen) atoms. The zero-order valence-electron chi connectivity index (χ0n) is 17.9. The minimum Gasteiger partial charge on any atom is -0.359 e. The summed E-state index contributed by atoms with van der Waals surface area (Å²) in [5.74, 6) is 0. The van der Waals surface area contributed by atoms with Crippen molar-refractivity contribution in [2.45, 2.75) is 96.6 Å². The standard InChI is InChI=1S/C25H42N2/c1-3-4-5-6-7-8-9-10-11-12-13-17-20-27-22-21-26(2)25(27)23-24-18-15-14-16-19-24/h14-16,18-19,21-22,25H,3-13,17,20,23H2,1-2H3. The van der Waals surface area contributed by atoms with Gasteiger partial charge < -0.3 is 9.80 Å². The van der Waals surface area contributed by atoms with E-state index in [4.69, 9.17) is 0 Å². The lowest BCUT2D eigenvalue weighted by atomic mass is 10.1. The first kappa shape index (κ1) is 21.9. The zero-order valence-corrected chi connectivity index (χ0v) is 17.9. The molecule has 1 atom stereocenters. The van der Waals surface area contributed by atoms with E-state index in [0.717, 1.165) is 6.42 Å². The molecule has 2 nitrogen and oxygen atoms in total. The van der Waals surface area contributed by atoms with Gasteiger partial charge in [-0.15, -0.1) is 0 Å². The van der Waals surface area contributed by atoms with Crippen molar-refractivity contribution >= 4 is 0 Å². The largest absolute Gasteiger partial charge is 0.359 e. The Morgan fingerprint density at radius 3 is 1.85 bits per heavy atom. The minimum absolute atomic E-state index is 0.486. The van der Waals surface area contributed by atoms with E-state index in [2.05, 4.69) is 66.5 Å². The van der Waals surface area contributed by atoms with Crippen LogP contribution in [0.25, 0.3) is 0 Å². The number of benzene rings is 1. The minimum atomic E-state index is 0.486. The molecule has 0 amide bonds. The Balaban J connectivity index is 1.49. The zero-order chi connectivity index (χ0) is 19.2. The SMILES string of the molecule is CCCCCCCCCCCCCCN1C=CN(C)C1Cc1ccccc1. The molecule has 0 saturated carbocycles. The van der Waals surface area contributed by atoms with Gasteiger partial charge in [-0.05, 0) is 12.0 Å². The molecule has 1 aliphatic heterocycles. The van der Waals surface area contributed by atoms with Gasteiger partial charge in [-0.2, -0.15) is 0 Å². The van der Waals surface area contributed by atoms with Crippen molar-refractivity contribution in [3.05, 3.63) is 48.3 Å². The maximum absolute atomic E-state index is 2.53. The lowest BCUT2D eigenvalue weighted by Crippen LogP contribution is -2.38. The van der Waals surface area contributed by atoms with Gasteiger partial charge in [0.2, 0.25) is 0 Å². The lowest BCUT2D eigenvalue weighted by molar-refractivity contribution is 0.173. The molecule has 0 radical (unpaired) electrons. The van der Waals surface area contributed by atoms with Crippen molar-refractivity contribution in [3.8, 4) is 0 Å². The summed E-state index contributed by atoms with van der Waals surface area (Å²) >= 11 is 0. The first-order chi connectivity index (χ1) is 13.3. The number of hydrogen-bond donors (Lipinski definition) is 0. The van der Waals surface area contributed by atoms with Crippen LogP contribution in [0.3, 0.4) is 0 Å². The van der Waals surface area contributed by atoms with Crippen LogP contribution in [0.5, 0.6) is 0 Å². The van der Waals surface area contributed by atoms with Gasteiger partial charge in [0.15, 0.2) is 0 Å². The molecule has 0 bridgehead atoms. The third kappa shape index (κ3) is 8.86. The van der Waals surface area contributed by atoms with Gasteiger partial charge in [-0.25, -0.2) is 0 Å². The van der Waals surface area contributed by atoms with Crippen LogP contribution in [0, 0.1) is 0 Å². The Bertz CT molecular complexity index is 496. The predicted molar refractivity (Wildman–Crippen MR) is 119 cm³/mol. The summed E-state index contributed by atoms with van der Waals surface area (Å²) in [6.45, 7) is 3.48. The van der Waals surface area contributed by atoms with Crippen molar-refractivity contribution in [1.82, 2.24) is 9.80 Å². The average Bonchev–Trinajstić information content (AvgIpc) is 3.03. The maximum Gasteiger partial charge on any atom is 0.104 e. The summed E-state index contributed by atoms with van der Waals surface area (Å²) in [4.78, 5) is 4.89. The highest BCUT2D eigenvalue weighted by atomic mass is 15.4. The second-order valence-corrected chi connectivity index (χ2v) is 8.26. The molecule has 2 rings (SSSR count). The lowest BCUT2D eigenvalue weighted by Gasteiger charge is -2.30. The van der Waals surface area contributed by atoms with Gasteiger partial charge in [0.25, 0.3) is 0 Å². The fourth-order valence-corrected chi connectivity index (χ4v) is 4.07. The Morgan fingerprint density at radius 1 is 0.704 bits per heavy atom. The third-order valence-corrected chi connectivity index (χ3v) is 5.88. The number of unbranched alkanes of at least 4 members (excludes halogenated alkanes) is 11. The molecule has 1 aliphatic rings. The molecule has 1 heterocycles. The van der Waals surface area contributed by atoms with Gasteiger partial charge >= 0.3 is 0 Å². The Kier molecular flexibility index (Phi) is 11.1. The quantitative estimate of drug-likeness (QED) is 0.307. The van der Waals surface area contributed by atoms with Crippen molar-refractivity contribution in [1.29, 1.82) is 0 Å². The second-order valence-electron chi connectivity index (χ2n) is 8.26. The summed E-state index contributed by atoms with van der Waals surface area (Å²) in [5.41, 5.74) is 1.43. The summed E-state index contributed by atoms with van der Waals surface area (Å²) in [6.07, 6.45) is 23.1. The van der Waals surface area contributed by atoms with E-state index >= 15 is 0 Å². The van der Waals surface area contributed by atoms with E-state index in [1.165, 1.54) is 89.2 Å². The van der Waals surface area contributed by atoms with Crippen LogP contribution in [-0.2, 0) is 6.42 Å². The second kappa shape index (κ2) is 13.7. The van der Waals surface area contributed by atoms with Gasteiger partial charge in [0, 0.05) is 32.4 Å². The molecule has 152 valence electrons. The van der Waals surface area contributed by atoms with E-state index < -0.39 is 0 Å². The van der Waals surface area contributed by atoms with Crippen molar-refractivity contribution in [2.75, 3.05) is 13.6 Å². The van der Waals surface area contributed by atoms with Crippen LogP contribution in [0.1, 0.15) is 89.5 Å². The molecule has 0 spiro atoms. The molecule has 0 N–H and O–H groups in total. The molecule has 1 aromatic carbocycles. The molecule has 1 aromatic rings. The molecule has 0 aromatic heterocycles. The number of rotatable bonds is 15. The van der Waals surface area contributed by atoms with Crippen molar-refractivity contribution in [3.63, 3.8) is 0 Å². The average molecular weight is 371 g/mol. The van der Waals surface area contributed by atoms with Crippen LogP contribution in [-0.4, -0.2) is 29.6 Å². The molecular weight excluding hydrogens is 328 g/mol. The van der Waals surface area contributed by atoms with Gasteiger partial charge in [0.1, 0.15) is 6.17 Å². The number of hydrogen-bond acceptors (Lipinski definition) is 2. The number of likely N-dealkylation sites (N-methyl/N-ethyl adjacent to an activating group) is 1. The van der Waals surface area contributed by atoms with Gasteiger partial charge in [-0.1, -0.05) is 108 Å². The van der Waals surface area contributed by atoms with Gasteiger partial charge in [0.05, 0.1) is 0 Å². The summed E-state index contributed by atoms with van der Waals surface area (Å²) in [7, 11) is 2.20. The fourth-order valence-electron chi connectivity index (χ4n) is 4.07. The smallest absolute Gasteiger partial charge is 0.104 e. The van der Waals surface area contributed by atoms with Crippen LogP contribution in [0.2, 0.25) is 0 Å². The first-order valence-electron chi connectivity index (χ1n) is 11.5. The highest BCUT2D eigenvalue weighted by molar-refractivity contribution is 5.17. The highest BCUT2D eigenvalue weighted by Gasteiger charge is 2.23. The van der Waals surface area contributed by atoms with Crippen LogP contribution in [0.15, 0.2) is 42.7 Å². The van der Waals surface area contributed by atoms with Crippen molar-refractivity contribution in [2.24, 2.45) is 0 Å². The molecule has 0 fully saturated rings. The Morgan fingerprint density at radius 2 is 1.26 bits per heavy atom.